The molecule has 3 rings (SSSR count). The van der Waals surface area contributed by atoms with E-state index in [4.69, 9.17) is 16.3 Å². The van der Waals surface area contributed by atoms with Crippen molar-refractivity contribution in [2.24, 2.45) is 13.0 Å². The molecule has 3 aromatic rings. The Morgan fingerprint density at radius 2 is 1.88 bits per heavy atom. The minimum absolute atomic E-state index is 0.0806. The molecule has 0 saturated carbocycles. The van der Waals surface area contributed by atoms with Crippen LogP contribution in [0, 0.1) is 5.92 Å². The minimum Gasteiger partial charge on any atom is -0.495 e. The highest BCUT2D eigenvalue weighted by Gasteiger charge is 2.25. The van der Waals surface area contributed by atoms with E-state index in [1.807, 2.05) is 39.1 Å². The average molecular weight is 488 g/mol. The van der Waals surface area contributed by atoms with Crippen molar-refractivity contribution in [1.82, 2.24) is 20.1 Å². The molecule has 0 fully saturated rings. The van der Waals surface area contributed by atoms with E-state index in [0.29, 0.717) is 33.0 Å². The first kappa shape index (κ1) is 24.6. The largest absolute Gasteiger partial charge is 0.495 e. The van der Waals surface area contributed by atoms with Crippen LogP contribution in [-0.2, 0) is 11.8 Å². The molecule has 8 nitrogen and oxygen atoms in total. The Balaban J connectivity index is 1.67. The zero-order chi connectivity index (χ0) is 24.0. The number of halogens is 1. The fourth-order valence-corrected chi connectivity index (χ4v) is 4.05. The number of thioether (sulfide) groups is 1. The van der Waals surface area contributed by atoms with Gasteiger partial charge in [0.15, 0.2) is 11.0 Å². The molecule has 1 atom stereocenters. The molecule has 0 radical (unpaired) electrons. The zero-order valence-electron chi connectivity index (χ0n) is 18.8. The van der Waals surface area contributed by atoms with E-state index in [1.165, 1.54) is 18.9 Å². The van der Waals surface area contributed by atoms with Gasteiger partial charge in [-0.15, -0.1) is 10.2 Å². The van der Waals surface area contributed by atoms with E-state index in [0.717, 1.165) is 0 Å². The molecule has 0 aliphatic heterocycles. The highest BCUT2D eigenvalue weighted by atomic mass is 35.5. The summed E-state index contributed by atoms with van der Waals surface area (Å²) in [6.07, 6.45) is 0. The lowest BCUT2D eigenvalue weighted by Crippen LogP contribution is -2.33. The monoisotopic (exact) mass is 487 g/mol. The van der Waals surface area contributed by atoms with Gasteiger partial charge in [0, 0.05) is 17.6 Å². The highest BCUT2D eigenvalue weighted by Crippen LogP contribution is 2.28. The smallest absolute Gasteiger partial charge is 0.251 e. The number of ether oxygens (including phenoxy) is 1. The Bertz CT molecular complexity index is 1120. The number of benzene rings is 2. The Morgan fingerprint density at radius 3 is 2.55 bits per heavy atom. The van der Waals surface area contributed by atoms with Crippen molar-refractivity contribution in [3.8, 4) is 5.75 Å². The van der Waals surface area contributed by atoms with Crippen molar-refractivity contribution in [1.29, 1.82) is 0 Å². The summed E-state index contributed by atoms with van der Waals surface area (Å²) in [4.78, 5) is 25.2. The zero-order valence-corrected chi connectivity index (χ0v) is 20.4. The number of amides is 2. The van der Waals surface area contributed by atoms with Crippen LogP contribution in [0.3, 0.4) is 0 Å². The number of hydrogen-bond acceptors (Lipinski definition) is 6. The molecule has 2 N–H and O–H groups in total. The van der Waals surface area contributed by atoms with Crippen LogP contribution in [-0.4, -0.2) is 39.4 Å². The van der Waals surface area contributed by atoms with Crippen LogP contribution in [0.25, 0.3) is 0 Å². The summed E-state index contributed by atoms with van der Waals surface area (Å²) in [7, 11) is 3.34. The predicted molar refractivity (Wildman–Crippen MR) is 130 cm³/mol. The molecule has 0 aliphatic carbocycles. The summed E-state index contributed by atoms with van der Waals surface area (Å²) < 4.78 is 7.06. The second-order valence-electron chi connectivity index (χ2n) is 7.64. The second-order valence-corrected chi connectivity index (χ2v) is 9.02. The fraction of sp³-hybridized carbons (Fsp3) is 0.304. The van der Waals surface area contributed by atoms with Crippen LogP contribution < -0.4 is 15.4 Å². The number of hydrogen-bond donors (Lipinski definition) is 2. The lowest BCUT2D eigenvalue weighted by molar-refractivity contribution is -0.113. The third-order valence-corrected chi connectivity index (χ3v) is 6.16. The van der Waals surface area contributed by atoms with E-state index in [9.17, 15) is 9.59 Å². The van der Waals surface area contributed by atoms with Gasteiger partial charge in [0.1, 0.15) is 5.75 Å². The second kappa shape index (κ2) is 11.2. The van der Waals surface area contributed by atoms with Crippen LogP contribution in [0.2, 0.25) is 5.02 Å². The molecule has 0 unspecified atom stereocenters. The molecule has 2 amide bonds. The number of aromatic nitrogens is 3. The first-order chi connectivity index (χ1) is 15.8. The number of rotatable bonds is 9. The number of anilines is 1. The predicted octanol–water partition coefficient (Wildman–Crippen LogP) is 4.34. The maximum Gasteiger partial charge on any atom is 0.251 e. The van der Waals surface area contributed by atoms with Gasteiger partial charge in [-0.1, -0.05) is 55.4 Å². The molecule has 33 heavy (non-hydrogen) atoms. The van der Waals surface area contributed by atoms with E-state index in [-0.39, 0.29) is 29.5 Å². The number of nitrogens with zero attached hydrogens (tertiary/aromatic N) is 3. The van der Waals surface area contributed by atoms with Crippen LogP contribution >= 0.6 is 23.4 Å². The van der Waals surface area contributed by atoms with Crippen molar-refractivity contribution in [2.45, 2.75) is 25.0 Å². The van der Waals surface area contributed by atoms with Gasteiger partial charge in [-0.3, -0.25) is 9.59 Å². The molecule has 0 aliphatic rings. The summed E-state index contributed by atoms with van der Waals surface area (Å²) in [6.45, 7) is 4.01. The topological polar surface area (TPSA) is 98.1 Å². The number of carbonyl (C=O) groups is 2. The third-order valence-electron chi connectivity index (χ3n) is 4.90. The molecule has 10 heteroatoms. The molecule has 0 bridgehead atoms. The summed E-state index contributed by atoms with van der Waals surface area (Å²) in [5.74, 6) is 0.923. The quantitative estimate of drug-likeness (QED) is 0.436. The maximum absolute atomic E-state index is 12.7. The van der Waals surface area contributed by atoms with E-state index in [2.05, 4.69) is 20.8 Å². The van der Waals surface area contributed by atoms with E-state index < -0.39 is 0 Å². The van der Waals surface area contributed by atoms with Gasteiger partial charge in [-0.05, 0) is 36.2 Å². The van der Waals surface area contributed by atoms with Crippen LogP contribution in [0.4, 0.5) is 5.69 Å². The van der Waals surface area contributed by atoms with E-state index in [1.54, 1.807) is 34.9 Å². The molecule has 1 aromatic heterocycles. The SMILES string of the molecule is COc1ccc(Cl)cc1NC(=O)CSc1nnc([C@H](NC(=O)c2ccccc2)C(C)C)n1C. The number of methoxy groups -OCH3 is 1. The van der Waals surface area contributed by atoms with Crippen molar-refractivity contribution in [3.63, 3.8) is 0 Å². The van der Waals surface area contributed by atoms with Crippen molar-refractivity contribution >= 4 is 40.9 Å². The van der Waals surface area contributed by atoms with Crippen molar-refractivity contribution in [3.05, 3.63) is 64.9 Å². The van der Waals surface area contributed by atoms with Crippen LogP contribution in [0.15, 0.2) is 53.7 Å². The maximum atomic E-state index is 12.7. The Morgan fingerprint density at radius 1 is 1.15 bits per heavy atom. The van der Waals surface area contributed by atoms with Gasteiger partial charge in [-0.25, -0.2) is 0 Å². The van der Waals surface area contributed by atoms with Crippen molar-refractivity contribution in [2.75, 3.05) is 18.2 Å². The Hall–Kier alpha value is -3.04. The normalized spacial score (nSPS) is 11.8. The molecular formula is C23H26ClN5O3S. The summed E-state index contributed by atoms with van der Waals surface area (Å²) in [5, 5.41) is 15.4. The van der Waals surface area contributed by atoms with Crippen LogP contribution in [0.5, 0.6) is 5.75 Å². The number of carbonyl (C=O) groups excluding carboxylic acids is 2. The van der Waals surface area contributed by atoms with Gasteiger partial charge in [-0.2, -0.15) is 0 Å². The standard InChI is InChI=1S/C23H26ClN5O3S/c1-14(2)20(26-22(31)15-8-6-5-7-9-15)21-27-28-23(29(21)3)33-13-19(30)25-17-12-16(24)10-11-18(17)32-4/h5-12,14,20H,13H2,1-4H3,(H,25,30)(H,26,31)/t20-/m1/s1. The highest BCUT2D eigenvalue weighted by molar-refractivity contribution is 7.99. The summed E-state index contributed by atoms with van der Waals surface area (Å²) in [6, 6.07) is 13.7. The van der Waals surface area contributed by atoms with E-state index >= 15 is 0 Å². The van der Waals surface area contributed by atoms with Gasteiger partial charge < -0.3 is 19.9 Å². The molecular weight excluding hydrogens is 462 g/mol. The first-order valence-electron chi connectivity index (χ1n) is 10.3. The fourth-order valence-electron chi connectivity index (χ4n) is 3.16. The third kappa shape index (κ3) is 6.27. The molecule has 1 heterocycles. The van der Waals surface area contributed by atoms with Gasteiger partial charge >= 0.3 is 0 Å². The molecule has 0 saturated heterocycles. The summed E-state index contributed by atoms with van der Waals surface area (Å²) in [5.41, 5.74) is 1.07. The average Bonchev–Trinajstić information content (AvgIpc) is 3.16. The molecule has 0 spiro atoms. The Labute approximate surface area is 202 Å². The first-order valence-corrected chi connectivity index (χ1v) is 11.7. The number of nitrogens with one attached hydrogen (secondary N) is 2. The lowest BCUT2D eigenvalue weighted by atomic mass is 10.0. The van der Waals surface area contributed by atoms with Gasteiger partial charge in [0.2, 0.25) is 5.91 Å². The molecule has 2 aromatic carbocycles. The lowest BCUT2D eigenvalue weighted by Gasteiger charge is -2.21. The summed E-state index contributed by atoms with van der Waals surface area (Å²) >= 11 is 7.27. The molecule has 174 valence electrons. The Kier molecular flexibility index (Phi) is 8.35. The minimum atomic E-state index is -0.339. The van der Waals surface area contributed by atoms with Crippen molar-refractivity contribution < 1.29 is 14.3 Å². The van der Waals surface area contributed by atoms with Gasteiger partial charge in [0.25, 0.3) is 5.91 Å². The van der Waals surface area contributed by atoms with Gasteiger partial charge in [0.05, 0.1) is 24.6 Å². The van der Waals surface area contributed by atoms with Crippen LogP contribution in [0.1, 0.15) is 36.1 Å².